The lowest BCUT2D eigenvalue weighted by Crippen LogP contribution is -2.57. The van der Waals surface area contributed by atoms with E-state index in [-0.39, 0.29) is 51.7 Å². The van der Waals surface area contributed by atoms with Crippen LogP contribution in [0.15, 0.2) is 6.20 Å². The van der Waals surface area contributed by atoms with Gasteiger partial charge < -0.3 is 10.0 Å². The third kappa shape index (κ3) is 4.60. The number of fused-ring (bicyclic) bond motifs is 1. The highest BCUT2D eigenvalue weighted by Gasteiger charge is 2.51. The van der Waals surface area contributed by atoms with Crippen molar-refractivity contribution in [3.8, 4) is 0 Å². The predicted molar refractivity (Wildman–Crippen MR) is 115 cm³/mol. The van der Waals surface area contributed by atoms with Crippen LogP contribution in [0.4, 0.5) is 8.78 Å². The van der Waals surface area contributed by atoms with Crippen LogP contribution >= 0.6 is 23.2 Å². The maximum absolute atomic E-state index is 13.5. The molecule has 1 aliphatic heterocycles. The molecule has 5 nitrogen and oxygen atoms in total. The number of aromatic nitrogens is 1. The minimum Gasteiger partial charge on any atom is -0.384 e. The average Bonchev–Trinajstić information content (AvgIpc) is 2.70. The van der Waals surface area contributed by atoms with Crippen molar-refractivity contribution in [2.45, 2.75) is 70.9 Å². The monoisotopic (exact) mass is 476 g/mol. The van der Waals surface area contributed by atoms with Crippen molar-refractivity contribution in [3.63, 3.8) is 0 Å². The first kappa shape index (κ1) is 24.3. The van der Waals surface area contributed by atoms with Gasteiger partial charge in [0.1, 0.15) is 11.3 Å². The molecule has 2 aliphatic rings. The van der Waals surface area contributed by atoms with Gasteiger partial charge >= 0.3 is 0 Å². The first-order valence-corrected chi connectivity index (χ1v) is 11.4. The highest BCUT2D eigenvalue weighted by atomic mass is 35.5. The number of Topliss-reactive ketones (excluding diaryl/α,β-unsaturated/α-hetero) is 1. The van der Waals surface area contributed by atoms with E-state index in [0.717, 1.165) is 12.8 Å². The quantitative estimate of drug-likeness (QED) is 0.619. The van der Waals surface area contributed by atoms with E-state index in [9.17, 15) is 23.5 Å². The summed E-state index contributed by atoms with van der Waals surface area (Å²) in [5.41, 5.74) is -1.59. The third-order valence-corrected chi connectivity index (χ3v) is 7.91. The maximum atomic E-state index is 13.5. The third-order valence-electron chi connectivity index (χ3n) is 7.18. The van der Waals surface area contributed by atoms with E-state index in [0.29, 0.717) is 24.9 Å². The summed E-state index contributed by atoms with van der Waals surface area (Å²) in [7, 11) is 0. The Bertz CT molecular complexity index is 865. The fourth-order valence-corrected chi connectivity index (χ4v) is 6.05. The second kappa shape index (κ2) is 9.28. The zero-order valence-electron chi connectivity index (χ0n) is 17.9. The zero-order valence-corrected chi connectivity index (χ0v) is 19.4. The summed E-state index contributed by atoms with van der Waals surface area (Å²) in [5, 5.41) is 10.8. The molecule has 0 bridgehead atoms. The summed E-state index contributed by atoms with van der Waals surface area (Å²) in [6, 6.07) is -0.158. The Balaban J connectivity index is 1.79. The standard InChI is InChI=1S/C22H28Cl2F2N2O3/c1-11-13-5-4-6-16(22(3,31)21(25)26)14(13)7-8-28(11)18(30)9-15-17(23)10-27-20(12(2)29)19(15)24/h10-11,13-14,16,21,31H,4-9H2,1-3H3/t11-,13+,14+,16+,22-/m0/s1. The maximum Gasteiger partial charge on any atom is 0.266 e. The van der Waals surface area contributed by atoms with E-state index in [1.165, 1.54) is 20.0 Å². The van der Waals surface area contributed by atoms with Crippen LogP contribution in [0.25, 0.3) is 0 Å². The van der Waals surface area contributed by atoms with Gasteiger partial charge in [-0.05, 0) is 50.9 Å². The molecule has 1 N–H and O–H groups in total. The number of amides is 1. The highest BCUT2D eigenvalue weighted by Crippen LogP contribution is 2.48. The molecule has 1 amide bonds. The Morgan fingerprint density at radius 2 is 1.97 bits per heavy atom. The van der Waals surface area contributed by atoms with Gasteiger partial charge in [0.25, 0.3) is 6.43 Å². The number of pyridine rings is 1. The van der Waals surface area contributed by atoms with Crippen LogP contribution in [0.3, 0.4) is 0 Å². The number of hydrogen-bond acceptors (Lipinski definition) is 4. The number of alkyl halides is 2. The fourth-order valence-electron chi connectivity index (χ4n) is 5.44. The smallest absolute Gasteiger partial charge is 0.266 e. The Hall–Kier alpha value is -1.31. The van der Waals surface area contributed by atoms with Crippen LogP contribution in [-0.2, 0) is 11.2 Å². The second-order valence-corrected chi connectivity index (χ2v) is 9.77. The lowest BCUT2D eigenvalue weighted by atomic mass is 9.61. The van der Waals surface area contributed by atoms with Crippen molar-refractivity contribution in [2.75, 3.05) is 6.54 Å². The number of carbonyl (C=O) groups excluding carboxylic acids is 2. The van der Waals surface area contributed by atoms with Crippen LogP contribution in [-0.4, -0.2) is 51.3 Å². The van der Waals surface area contributed by atoms with Gasteiger partial charge in [0, 0.05) is 31.3 Å². The van der Waals surface area contributed by atoms with E-state index in [1.54, 1.807) is 4.90 Å². The van der Waals surface area contributed by atoms with Crippen molar-refractivity contribution in [1.29, 1.82) is 0 Å². The van der Waals surface area contributed by atoms with Gasteiger partial charge in [0.05, 0.1) is 16.5 Å². The zero-order chi connectivity index (χ0) is 23.1. The number of rotatable bonds is 5. The lowest BCUT2D eigenvalue weighted by molar-refractivity contribution is -0.164. The van der Waals surface area contributed by atoms with Crippen molar-refractivity contribution >= 4 is 34.9 Å². The van der Waals surface area contributed by atoms with Gasteiger partial charge in [-0.1, -0.05) is 29.6 Å². The molecule has 172 valence electrons. The SMILES string of the molecule is CC(=O)c1ncc(Cl)c(CC(=O)N2CC[C@@H]3[C@H](CCC[C@H]3[C@](C)(O)C(F)F)[C@@H]2C)c1Cl. The van der Waals surface area contributed by atoms with Crippen molar-refractivity contribution < 1.29 is 23.5 Å². The molecular formula is C22H28Cl2F2N2O3. The number of likely N-dealkylation sites (tertiary alicyclic amines) is 1. The molecule has 1 aliphatic carbocycles. The van der Waals surface area contributed by atoms with E-state index >= 15 is 0 Å². The van der Waals surface area contributed by atoms with E-state index in [4.69, 9.17) is 23.2 Å². The summed E-state index contributed by atoms with van der Waals surface area (Å²) in [6.07, 6.45) is 1.14. The number of ketones is 1. The van der Waals surface area contributed by atoms with Crippen molar-refractivity contribution in [3.05, 3.63) is 27.5 Å². The second-order valence-electron chi connectivity index (χ2n) is 8.99. The highest BCUT2D eigenvalue weighted by molar-refractivity contribution is 6.38. The Labute approximate surface area is 191 Å². The summed E-state index contributed by atoms with van der Waals surface area (Å²) in [6.45, 7) is 4.92. The average molecular weight is 477 g/mol. The lowest BCUT2D eigenvalue weighted by Gasteiger charge is -2.52. The molecule has 1 saturated heterocycles. The predicted octanol–water partition coefficient (Wildman–Crippen LogP) is 4.80. The molecule has 0 unspecified atom stereocenters. The number of carbonyl (C=O) groups is 2. The molecule has 31 heavy (non-hydrogen) atoms. The summed E-state index contributed by atoms with van der Waals surface area (Å²) < 4.78 is 27.0. The van der Waals surface area contributed by atoms with Crippen molar-refractivity contribution in [2.24, 2.45) is 17.8 Å². The Morgan fingerprint density at radius 3 is 2.58 bits per heavy atom. The van der Waals surface area contributed by atoms with Gasteiger partial charge in [0.15, 0.2) is 5.78 Å². The molecule has 9 heteroatoms. The van der Waals surface area contributed by atoms with Gasteiger partial charge in [-0.2, -0.15) is 0 Å². The summed E-state index contributed by atoms with van der Waals surface area (Å²) in [5.74, 6) is -1.01. The Morgan fingerprint density at radius 1 is 1.29 bits per heavy atom. The molecule has 2 heterocycles. The van der Waals surface area contributed by atoms with Gasteiger partial charge in [-0.15, -0.1) is 0 Å². The molecule has 5 atom stereocenters. The first-order chi connectivity index (χ1) is 14.5. The van der Waals surface area contributed by atoms with Crippen LogP contribution in [0.5, 0.6) is 0 Å². The molecule has 3 rings (SSSR count). The van der Waals surface area contributed by atoms with E-state index in [1.807, 2.05) is 6.92 Å². The Kier molecular flexibility index (Phi) is 7.28. The number of piperidine rings is 1. The van der Waals surface area contributed by atoms with E-state index < -0.39 is 17.9 Å². The van der Waals surface area contributed by atoms with Crippen LogP contribution in [0.2, 0.25) is 10.0 Å². The number of halogens is 4. The fraction of sp³-hybridized carbons (Fsp3) is 0.682. The first-order valence-electron chi connectivity index (χ1n) is 10.6. The molecule has 1 aromatic heterocycles. The topological polar surface area (TPSA) is 70.5 Å². The summed E-state index contributed by atoms with van der Waals surface area (Å²) in [4.78, 5) is 30.6. The minimum absolute atomic E-state index is 0.0397. The van der Waals surface area contributed by atoms with Gasteiger partial charge in [-0.25, -0.2) is 13.8 Å². The molecule has 1 aromatic rings. The number of hydrogen-bond donors (Lipinski definition) is 1. The minimum atomic E-state index is -2.81. The van der Waals surface area contributed by atoms with Crippen LogP contribution in [0.1, 0.15) is 62.5 Å². The van der Waals surface area contributed by atoms with Crippen LogP contribution in [0, 0.1) is 17.8 Å². The molecule has 1 saturated carbocycles. The van der Waals surface area contributed by atoms with Crippen LogP contribution < -0.4 is 0 Å². The molecule has 0 spiro atoms. The number of aliphatic hydroxyl groups is 1. The molecule has 0 aromatic carbocycles. The van der Waals surface area contributed by atoms with Gasteiger partial charge in [0.2, 0.25) is 5.91 Å². The molecular weight excluding hydrogens is 449 g/mol. The van der Waals surface area contributed by atoms with E-state index in [2.05, 4.69) is 4.98 Å². The normalized spacial score (nSPS) is 28.2. The largest absolute Gasteiger partial charge is 0.384 e. The summed E-state index contributed by atoms with van der Waals surface area (Å²) >= 11 is 12.5. The van der Waals surface area contributed by atoms with Crippen molar-refractivity contribution in [1.82, 2.24) is 9.88 Å². The molecule has 2 fully saturated rings. The van der Waals surface area contributed by atoms with Gasteiger partial charge in [-0.3, -0.25) is 9.59 Å². The number of nitrogens with zero attached hydrogens (tertiary/aromatic N) is 2. The molecule has 0 radical (unpaired) electrons.